The van der Waals surface area contributed by atoms with E-state index in [-0.39, 0.29) is 18.6 Å². The van der Waals surface area contributed by atoms with Crippen LogP contribution in [0.5, 0.6) is 0 Å². The third-order valence-electron chi connectivity index (χ3n) is 2.94. The third-order valence-corrected chi connectivity index (χ3v) is 2.94. The van der Waals surface area contributed by atoms with Gasteiger partial charge < -0.3 is 15.2 Å². The van der Waals surface area contributed by atoms with Crippen molar-refractivity contribution in [3.8, 4) is 11.8 Å². The fourth-order valence-electron chi connectivity index (χ4n) is 1.63. The van der Waals surface area contributed by atoms with Gasteiger partial charge in [0.25, 0.3) is 0 Å². The molecule has 4 heteroatoms. The van der Waals surface area contributed by atoms with Crippen LogP contribution in [-0.2, 0) is 9.53 Å². The van der Waals surface area contributed by atoms with Gasteiger partial charge in [-0.1, -0.05) is 24.0 Å². The molecule has 0 saturated carbocycles. The number of carbonyl (C=O) groups is 1. The first-order valence-corrected chi connectivity index (χ1v) is 6.61. The Morgan fingerprint density at radius 1 is 1.45 bits per heavy atom. The highest BCUT2D eigenvalue weighted by molar-refractivity contribution is 5.80. The summed E-state index contributed by atoms with van der Waals surface area (Å²) in [7, 11) is 1.51. The number of hydrogen-bond acceptors (Lipinski definition) is 3. The molecule has 0 heterocycles. The summed E-state index contributed by atoms with van der Waals surface area (Å²) >= 11 is 0. The fraction of sp³-hybridized carbons (Fsp3) is 0.438. The Hall–Kier alpha value is -1.83. The Labute approximate surface area is 120 Å². The molecule has 1 aromatic rings. The summed E-state index contributed by atoms with van der Waals surface area (Å²) in [6.45, 7) is 3.69. The Morgan fingerprint density at radius 2 is 2.20 bits per heavy atom. The molecular weight excluding hydrogens is 254 g/mol. The fourth-order valence-corrected chi connectivity index (χ4v) is 1.63. The van der Waals surface area contributed by atoms with Gasteiger partial charge in [0.2, 0.25) is 5.91 Å². The van der Waals surface area contributed by atoms with Crippen LogP contribution in [0.3, 0.4) is 0 Å². The van der Waals surface area contributed by atoms with E-state index in [1.165, 1.54) is 7.11 Å². The topological polar surface area (TPSA) is 58.6 Å². The second kappa shape index (κ2) is 8.36. The van der Waals surface area contributed by atoms with E-state index in [0.29, 0.717) is 6.42 Å². The molecule has 0 aliphatic rings. The monoisotopic (exact) mass is 275 g/mol. The number of aliphatic hydroxyl groups excluding tert-OH is 1. The van der Waals surface area contributed by atoms with Gasteiger partial charge >= 0.3 is 0 Å². The van der Waals surface area contributed by atoms with Crippen molar-refractivity contribution in [1.82, 2.24) is 5.32 Å². The van der Waals surface area contributed by atoms with Crippen LogP contribution in [0.2, 0.25) is 0 Å². The lowest BCUT2D eigenvalue weighted by molar-refractivity contribution is -0.130. The van der Waals surface area contributed by atoms with Crippen molar-refractivity contribution in [1.29, 1.82) is 0 Å². The van der Waals surface area contributed by atoms with Crippen molar-refractivity contribution in [2.75, 3.05) is 13.7 Å². The minimum Gasteiger partial charge on any atom is -0.395 e. The predicted molar refractivity (Wildman–Crippen MR) is 78.1 cm³/mol. The second-order valence-electron chi connectivity index (χ2n) is 4.51. The van der Waals surface area contributed by atoms with Crippen LogP contribution >= 0.6 is 0 Å². The normalized spacial score (nSPS) is 13.0. The van der Waals surface area contributed by atoms with Crippen LogP contribution in [0.25, 0.3) is 0 Å². The zero-order valence-corrected chi connectivity index (χ0v) is 12.1. The lowest BCUT2D eigenvalue weighted by atomic mass is 10.0. The maximum absolute atomic E-state index is 11.8. The van der Waals surface area contributed by atoms with E-state index >= 15 is 0 Å². The van der Waals surface area contributed by atoms with E-state index in [1.807, 2.05) is 31.2 Å². The first kappa shape index (κ1) is 16.2. The molecule has 20 heavy (non-hydrogen) atoms. The number of hydrogen-bond donors (Lipinski definition) is 2. The van der Waals surface area contributed by atoms with Gasteiger partial charge in [-0.05, 0) is 31.5 Å². The van der Waals surface area contributed by atoms with Crippen molar-refractivity contribution in [3.05, 3.63) is 35.4 Å². The van der Waals surface area contributed by atoms with Gasteiger partial charge in [-0.2, -0.15) is 0 Å². The average molecular weight is 275 g/mol. The number of nitrogens with one attached hydrogen (secondary N) is 1. The number of benzene rings is 1. The molecule has 0 spiro atoms. The maximum atomic E-state index is 11.8. The van der Waals surface area contributed by atoms with Crippen molar-refractivity contribution in [2.24, 2.45) is 0 Å². The molecule has 0 saturated heterocycles. The summed E-state index contributed by atoms with van der Waals surface area (Å²) < 4.78 is 4.98. The minimum atomic E-state index is -0.468. The van der Waals surface area contributed by atoms with Gasteiger partial charge in [0, 0.05) is 19.1 Å². The highest BCUT2D eigenvalue weighted by atomic mass is 16.5. The number of rotatable bonds is 5. The standard InChI is InChI=1S/C16H21NO3/c1-12(17-16(19)13(2)20-3)15-9-6-8-14(11-15)7-4-5-10-18/h6,8-9,11-13,18H,5,10H2,1-3H3,(H,17,19). The zero-order chi connectivity index (χ0) is 15.0. The quantitative estimate of drug-likeness (QED) is 0.803. The Morgan fingerprint density at radius 3 is 2.85 bits per heavy atom. The summed E-state index contributed by atoms with van der Waals surface area (Å²) in [4.78, 5) is 11.8. The molecule has 0 aromatic heterocycles. The van der Waals surface area contributed by atoms with E-state index in [9.17, 15) is 4.79 Å². The van der Waals surface area contributed by atoms with Crippen molar-refractivity contribution in [3.63, 3.8) is 0 Å². The van der Waals surface area contributed by atoms with Crippen LogP contribution < -0.4 is 5.32 Å². The molecule has 2 N–H and O–H groups in total. The summed E-state index contributed by atoms with van der Waals surface area (Å²) in [5, 5.41) is 11.6. The summed E-state index contributed by atoms with van der Waals surface area (Å²) in [5.41, 5.74) is 1.86. The number of carbonyl (C=O) groups excluding carboxylic acids is 1. The van der Waals surface area contributed by atoms with Gasteiger partial charge in [-0.3, -0.25) is 4.79 Å². The smallest absolute Gasteiger partial charge is 0.249 e. The number of ether oxygens (including phenoxy) is 1. The summed E-state index contributed by atoms with van der Waals surface area (Å²) in [6, 6.07) is 7.58. The van der Waals surface area contributed by atoms with E-state index in [2.05, 4.69) is 17.2 Å². The molecule has 1 rings (SSSR count). The van der Waals surface area contributed by atoms with Crippen molar-refractivity contribution in [2.45, 2.75) is 32.4 Å². The van der Waals surface area contributed by atoms with Gasteiger partial charge in [-0.15, -0.1) is 0 Å². The van der Waals surface area contributed by atoms with Crippen LogP contribution in [-0.4, -0.2) is 30.8 Å². The molecule has 4 nitrogen and oxygen atoms in total. The molecule has 1 amide bonds. The predicted octanol–water partition coefficient (Wildman–Crippen LogP) is 1.63. The Bertz CT molecular complexity index is 502. The number of amides is 1. The van der Waals surface area contributed by atoms with E-state index in [4.69, 9.17) is 9.84 Å². The molecule has 1 aromatic carbocycles. The first-order chi connectivity index (χ1) is 9.58. The largest absolute Gasteiger partial charge is 0.395 e. The van der Waals surface area contributed by atoms with E-state index in [0.717, 1.165) is 11.1 Å². The van der Waals surface area contributed by atoms with Crippen LogP contribution in [0, 0.1) is 11.8 Å². The van der Waals surface area contributed by atoms with Crippen LogP contribution in [0.1, 0.15) is 37.4 Å². The molecule has 2 atom stereocenters. The second-order valence-corrected chi connectivity index (χ2v) is 4.51. The third kappa shape index (κ3) is 5.04. The minimum absolute atomic E-state index is 0.0635. The first-order valence-electron chi connectivity index (χ1n) is 6.61. The lowest BCUT2D eigenvalue weighted by Crippen LogP contribution is -2.35. The van der Waals surface area contributed by atoms with Gasteiger partial charge in [-0.25, -0.2) is 0 Å². The van der Waals surface area contributed by atoms with E-state index < -0.39 is 6.10 Å². The number of aliphatic hydroxyl groups is 1. The maximum Gasteiger partial charge on any atom is 0.249 e. The van der Waals surface area contributed by atoms with Crippen molar-refractivity contribution < 1.29 is 14.6 Å². The molecule has 0 aliphatic heterocycles. The van der Waals surface area contributed by atoms with E-state index in [1.54, 1.807) is 6.92 Å². The Kier molecular flexibility index (Phi) is 6.78. The number of methoxy groups -OCH3 is 1. The SMILES string of the molecule is COC(C)C(=O)NC(C)c1cccc(C#CCCO)c1. The molecular formula is C16H21NO3. The molecule has 0 aliphatic carbocycles. The van der Waals surface area contributed by atoms with Crippen LogP contribution in [0.15, 0.2) is 24.3 Å². The summed E-state index contributed by atoms with van der Waals surface area (Å²) in [5.74, 6) is 5.72. The highest BCUT2D eigenvalue weighted by Gasteiger charge is 2.15. The molecule has 0 fully saturated rings. The molecule has 0 radical (unpaired) electrons. The van der Waals surface area contributed by atoms with Crippen LogP contribution in [0.4, 0.5) is 0 Å². The van der Waals surface area contributed by atoms with Crippen molar-refractivity contribution >= 4 is 5.91 Å². The average Bonchev–Trinajstić information content (AvgIpc) is 2.46. The van der Waals surface area contributed by atoms with Gasteiger partial charge in [0.15, 0.2) is 0 Å². The summed E-state index contributed by atoms with van der Waals surface area (Å²) in [6.07, 6.45) is -0.00742. The molecule has 108 valence electrons. The lowest BCUT2D eigenvalue weighted by Gasteiger charge is -2.17. The zero-order valence-electron chi connectivity index (χ0n) is 12.1. The highest BCUT2D eigenvalue weighted by Crippen LogP contribution is 2.14. The molecule has 2 unspecified atom stereocenters. The van der Waals surface area contributed by atoms with Gasteiger partial charge in [0.1, 0.15) is 6.10 Å². The Balaban J connectivity index is 2.74. The molecule has 0 bridgehead atoms. The van der Waals surface area contributed by atoms with Gasteiger partial charge in [0.05, 0.1) is 12.6 Å².